The molecule has 2 N–H and O–H groups in total. The molecule has 2 rings (SSSR count). The zero-order valence-corrected chi connectivity index (χ0v) is 11.0. The zero-order valence-electron chi connectivity index (χ0n) is 10.2. The number of imidazole rings is 1. The van der Waals surface area contributed by atoms with E-state index in [2.05, 4.69) is 15.4 Å². The average Bonchev–Trinajstić information content (AvgIpc) is 2.71. The second-order valence-corrected chi connectivity index (χ2v) is 4.86. The molecule has 0 radical (unpaired) electrons. The van der Waals surface area contributed by atoms with Crippen molar-refractivity contribution in [1.29, 1.82) is 0 Å². The van der Waals surface area contributed by atoms with Gasteiger partial charge < -0.3 is 10.4 Å². The predicted molar refractivity (Wildman–Crippen MR) is 67.2 cm³/mol. The van der Waals surface area contributed by atoms with E-state index >= 15 is 0 Å². The number of carbonyl (C=O) groups excluding carboxylic acids is 1. The molecule has 2 aromatic rings. The molecule has 0 aliphatic heterocycles. The smallest absolute Gasteiger partial charge is 0.328 e. The molecule has 0 atom stereocenters. The standard InChI is InChI=1S/C11H11ClN4O3/c1-11(2,10(18)19)14-9(17)6-5-16-8(13-6)4-3-7(12)15-16/h3-5H,1-2H3,(H,14,17)(H,18,19). The lowest BCUT2D eigenvalue weighted by Crippen LogP contribution is -2.49. The normalized spacial score (nSPS) is 11.5. The quantitative estimate of drug-likeness (QED) is 0.874. The van der Waals surface area contributed by atoms with Crippen LogP contribution in [0, 0.1) is 0 Å². The molecule has 0 aromatic carbocycles. The largest absolute Gasteiger partial charge is 0.480 e. The monoisotopic (exact) mass is 282 g/mol. The molecule has 8 heteroatoms. The zero-order chi connectivity index (χ0) is 14.2. The molecule has 0 fully saturated rings. The van der Waals surface area contributed by atoms with Gasteiger partial charge in [0.1, 0.15) is 16.4 Å². The summed E-state index contributed by atoms with van der Waals surface area (Å²) in [4.78, 5) is 26.9. The number of amides is 1. The second-order valence-electron chi connectivity index (χ2n) is 4.47. The lowest BCUT2D eigenvalue weighted by atomic mass is 10.1. The van der Waals surface area contributed by atoms with Crippen LogP contribution in [-0.4, -0.2) is 37.1 Å². The van der Waals surface area contributed by atoms with Crippen LogP contribution in [0.3, 0.4) is 0 Å². The lowest BCUT2D eigenvalue weighted by molar-refractivity contribution is -0.143. The van der Waals surface area contributed by atoms with E-state index in [0.717, 1.165) is 0 Å². The maximum atomic E-state index is 11.9. The van der Waals surface area contributed by atoms with Crippen LogP contribution in [0.4, 0.5) is 0 Å². The minimum Gasteiger partial charge on any atom is -0.480 e. The number of carboxylic acids is 1. The molecule has 0 bridgehead atoms. The molecule has 0 saturated carbocycles. The third-order valence-electron chi connectivity index (χ3n) is 2.48. The Balaban J connectivity index is 2.29. The number of aromatic nitrogens is 3. The van der Waals surface area contributed by atoms with Gasteiger partial charge in [-0.15, -0.1) is 0 Å². The Bertz CT molecular complexity index is 665. The lowest BCUT2D eigenvalue weighted by Gasteiger charge is -2.19. The summed E-state index contributed by atoms with van der Waals surface area (Å²) in [5.41, 5.74) is -0.857. The molecular weight excluding hydrogens is 272 g/mol. The van der Waals surface area contributed by atoms with Gasteiger partial charge in [0.2, 0.25) is 0 Å². The number of aliphatic carboxylic acids is 1. The molecule has 7 nitrogen and oxygen atoms in total. The van der Waals surface area contributed by atoms with Crippen molar-refractivity contribution in [2.24, 2.45) is 0 Å². The van der Waals surface area contributed by atoms with Crippen molar-refractivity contribution in [3.8, 4) is 0 Å². The van der Waals surface area contributed by atoms with Gasteiger partial charge in [0.15, 0.2) is 5.65 Å². The number of hydrogen-bond acceptors (Lipinski definition) is 4. The van der Waals surface area contributed by atoms with Crippen molar-refractivity contribution in [3.05, 3.63) is 29.2 Å². The maximum Gasteiger partial charge on any atom is 0.328 e. The summed E-state index contributed by atoms with van der Waals surface area (Å²) in [5, 5.41) is 15.5. The van der Waals surface area contributed by atoms with Crippen LogP contribution >= 0.6 is 11.6 Å². The van der Waals surface area contributed by atoms with Crippen molar-refractivity contribution in [2.45, 2.75) is 19.4 Å². The Morgan fingerprint density at radius 3 is 2.74 bits per heavy atom. The molecule has 1 amide bonds. The van der Waals surface area contributed by atoms with Gasteiger partial charge in [0, 0.05) is 0 Å². The van der Waals surface area contributed by atoms with Crippen LogP contribution in [0.15, 0.2) is 18.3 Å². The van der Waals surface area contributed by atoms with Gasteiger partial charge in [-0.3, -0.25) is 4.79 Å². The number of nitrogens with zero attached hydrogens (tertiary/aromatic N) is 3. The van der Waals surface area contributed by atoms with Crippen molar-refractivity contribution in [3.63, 3.8) is 0 Å². The van der Waals surface area contributed by atoms with Crippen LogP contribution in [-0.2, 0) is 4.79 Å². The Kier molecular flexibility index (Phi) is 3.15. The number of rotatable bonds is 3. The van der Waals surface area contributed by atoms with Crippen LogP contribution in [0.5, 0.6) is 0 Å². The highest BCUT2D eigenvalue weighted by molar-refractivity contribution is 6.29. The number of nitrogens with one attached hydrogen (secondary N) is 1. The molecule has 0 saturated heterocycles. The minimum atomic E-state index is -1.38. The molecule has 19 heavy (non-hydrogen) atoms. The van der Waals surface area contributed by atoms with Gasteiger partial charge in [0.25, 0.3) is 5.91 Å². The highest BCUT2D eigenvalue weighted by atomic mass is 35.5. The highest BCUT2D eigenvalue weighted by Crippen LogP contribution is 2.09. The van der Waals surface area contributed by atoms with Gasteiger partial charge in [0.05, 0.1) is 6.20 Å². The van der Waals surface area contributed by atoms with E-state index in [1.807, 2.05) is 0 Å². The first-order valence-corrected chi connectivity index (χ1v) is 5.75. The van der Waals surface area contributed by atoms with Crippen LogP contribution in [0.25, 0.3) is 5.65 Å². The molecule has 0 unspecified atom stereocenters. The van der Waals surface area contributed by atoms with E-state index in [-0.39, 0.29) is 10.8 Å². The number of fused-ring (bicyclic) bond motifs is 1. The first kappa shape index (κ1) is 13.3. The van der Waals surface area contributed by atoms with Gasteiger partial charge >= 0.3 is 5.97 Å². The van der Waals surface area contributed by atoms with Crippen molar-refractivity contribution in [2.75, 3.05) is 0 Å². The van der Waals surface area contributed by atoms with Crippen molar-refractivity contribution < 1.29 is 14.7 Å². The van der Waals surface area contributed by atoms with Gasteiger partial charge in [-0.05, 0) is 26.0 Å². The van der Waals surface area contributed by atoms with Gasteiger partial charge in [-0.25, -0.2) is 14.3 Å². The summed E-state index contributed by atoms with van der Waals surface area (Å²) in [7, 11) is 0. The van der Waals surface area contributed by atoms with Crippen molar-refractivity contribution in [1.82, 2.24) is 19.9 Å². The summed E-state index contributed by atoms with van der Waals surface area (Å²) in [5.74, 6) is -1.72. The maximum absolute atomic E-state index is 11.9. The molecule has 2 heterocycles. The molecular formula is C11H11ClN4O3. The summed E-state index contributed by atoms with van der Waals surface area (Å²) < 4.78 is 1.35. The number of carboxylic acid groups (broad SMARTS) is 1. The summed E-state index contributed by atoms with van der Waals surface area (Å²) in [6, 6.07) is 3.15. The van der Waals surface area contributed by atoms with Crippen LogP contribution in [0.1, 0.15) is 24.3 Å². The molecule has 0 aliphatic rings. The van der Waals surface area contributed by atoms with Gasteiger partial charge in [-0.2, -0.15) is 5.10 Å². The second kappa shape index (κ2) is 4.51. The Hall–Kier alpha value is -2.15. The van der Waals surface area contributed by atoms with E-state index in [4.69, 9.17) is 16.7 Å². The Morgan fingerprint density at radius 1 is 1.42 bits per heavy atom. The molecule has 0 spiro atoms. The predicted octanol–water partition coefficient (Wildman–Crippen LogP) is 0.976. The third-order valence-corrected chi connectivity index (χ3v) is 2.68. The van der Waals surface area contributed by atoms with E-state index in [1.165, 1.54) is 24.6 Å². The number of halogens is 1. The summed E-state index contributed by atoms with van der Waals surface area (Å²) >= 11 is 5.72. The molecule has 0 aliphatic carbocycles. The van der Waals surface area contributed by atoms with Gasteiger partial charge in [-0.1, -0.05) is 11.6 Å². The van der Waals surface area contributed by atoms with Crippen molar-refractivity contribution >= 4 is 29.1 Å². The number of carbonyl (C=O) groups is 2. The molecule has 2 aromatic heterocycles. The Labute approximate surface area is 113 Å². The fourth-order valence-corrected chi connectivity index (χ4v) is 1.51. The first-order valence-electron chi connectivity index (χ1n) is 5.37. The van der Waals surface area contributed by atoms with Crippen LogP contribution in [0.2, 0.25) is 5.15 Å². The SMILES string of the molecule is CC(C)(NC(=O)c1cn2nc(Cl)ccc2n1)C(=O)O. The average molecular weight is 283 g/mol. The van der Waals surface area contributed by atoms with E-state index in [9.17, 15) is 9.59 Å². The third kappa shape index (κ3) is 2.65. The molecule has 100 valence electrons. The Morgan fingerprint density at radius 2 is 2.11 bits per heavy atom. The topological polar surface area (TPSA) is 96.6 Å². The van der Waals surface area contributed by atoms with E-state index in [1.54, 1.807) is 12.1 Å². The number of hydrogen-bond donors (Lipinski definition) is 2. The van der Waals surface area contributed by atoms with E-state index < -0.39 is 17.4 Å². The first-order chi connectivity index (χ1) is 8.79. The van der Waals surface area contributed by atoms with Crippen LogP contribution < -0.4 is 5.32 Å². The summed E-state index contributed by atoms with van der Waals surface area (Å²) in [6.07, 6.45) is 1.38. The minimum absolute atomic E-state index is 0.0732. The highest BCUT2D eigenvalue weighted by Gasteiger charge is 2.30. The van der Waals surface area contributed by atoms with E-state index in [0.29, 0.717) is 5.65 Å². The fourth-order valence-electron chi connectivity index (χ4n) is 1.37. The fraction of sp³-hybridized carbons (Fsp3) is 0.273. The summed E-state index contributed by atoms with van der Waals surface area (Å²) in [6.45, 7) is 2.77.